The Bertz CT molecular complexity index is 366. The minimum Gasteiger partial charge on any atom is -0.399 e. The first-order valence-electron chi connectivity index (χ1n) is 5.47. The lowest BCUT2D eigenvalue weighted by molar-refractivity contribution is 0.681. The van der Waals surface area contributed by atoms with Crippen LogP contribution in [0.4, 0.5) is 5.69 Å². The molecule has 1 rings (SSSR count). The Morgan fingerprint density at radius 3 is 2.81 bits per heavy atom. The third-order valence-electron chi connectivity index (χ3n) is 2.27. The maximum Gasteiger partial charge on any atom is 0.0532 e. The number of hydrogen-bond acceptors (Lipinski definition) is 3. The van der Waals surface area contributed by atoms with Gasteiger partial charge < -0.3 is 5.73 Å². The lowest BCUT2D eigenvalue weighted by Crippen LogP contribution is -2.02. The van der Waals surface area contributed by atoms with E-state index >= 15 is 0 Å². The standard InChI is InChI=1S/C12H19NOS2/c1-3-15-7-4-8-16(14)12-6-5-11(13)9-10(12)2/h5-6,9H,3-4,7-8,13H2,1-2H3. The van der Waals surface area contributed by atoms with Crippen LogP contribution in [0, 0.1) is 6.92 Å². The monoisotopic (exact) mass is 257 g/mol. The van der Waals surface area contributed by atoms with Gasteiger partial charge in [-0.15, -0.1) is 0 Å². The normalized spacial score (nSPS) is 12.6. The number of anilines is 1. The first kappa shape index (κ1) is 13.6. The maximum absolute atomic E-state index is 12.0. The van der Waals surface area contributed by atoms with Crippen LogP contribution < -0.4 is 5.73 Å². The molecule has 4 heteroatoms. The summed E-state index contributed by atoms with van der Waals surface area (Å²) in [6, 6.07) is 5.59. The van der Waals surface area contributed by atoms with Gasteiger partial charge in [-0.05, 0) is 48.6 Å². The van der Waals surface area contributed by atoms with Crippen LogP contribution in [0.2, 0.25) is 0 Å². The Labute approximate surface area is 104 Å². The number of nitrogens with two attached hydrogens (primary N) is 1. The van der Waals surface area contributed by atoms with Crippen molar-refractivity contribution in [2.24, 2.45) is 0 Å². The lowest BCUT2D eigenvalue weighted by atomic mass is 10.2. The van der Waals surface area contributed by atoms with E-state index in [1.807, 2.05) is 36.9 Å². The molecule has 2 nitrogen and oxygen atoms in total. The molecule has 0 aliphatic carbocycles. The van der Waals surface area contributed by atoms with E-state index in [0.29, 0.717) is 0 Å². The number of rotatable bonds is 6. The highest BCUT2D eigenvalue weighted by molar-refractivity contribution is 7.99. The molecule has 1 aromatic carbocycles. The van der Waals surface area contributed by atoms with E-state index in [4.69, 9.17) is 5.73 Å². The molecule has 2 N–H and O–H groups in total. The summed E-state index contributed by atoms with van der Waals surface area (Å²) in [5, 5.41) is 0. The molecule has 0 aromatic heterocycles. The van der Waals surface area contributed by atoms with Gasteiger partial charge >= 0.3 is 0 Å². The van der Waals surface area contributed by atoms with Gasteiger partial charge in [0.2, 0.25) is 0 Å². The number of hydrogen-bond donors (Lipinski definition) is 1. The summed E-state index contributed by atoms with van der Waals surface area (Å²) in [4.78, 5) is 0.927. The van der Waals surface area contributed by atoms with Gasteiger partial charge in [-0.1, -0.05) is 6.92 Å². The van der Waals surface area contributed by atoms with Gasteiger partial charge in [-0.3, -0.25) is 4.21 Å². The number of benzene rings is 1. The molecule has 0 fully saturated rings. The SMILES string of the molecule is CCSCCCS(=O)c1ccc(N)cc1C. The molecule has 0 bridgehead atoms. The van der Waals surface area contributed by atoms with Crippen molar-refractivity contribution in [1.29, 1.82) is 0 Å². The molecule has 1 aromatic rings. The number of thioether (sulfide) groups is 1. The molecule has 0 saturated heterocycles. The Kier molecular flexibility index (Phi) is 5.91. The summed E-state index contributed by atoms with van der Waals surface area (Å²) in [5.41, 5.74) is 7.43. The van der Waals surface area contributed by atoms with Crippen LogP contribution in [0.15, 0.2) is 23.1 Å². The predicted octanol–water partition coefficient (Wildman–Crippen LogP) is 2.83. The largest absolute Gasteiger partial charge is 0.399 e. The Morgan fingerprint density at radius 2 is 2.19 bits per heavy atom. The van der Waals surface area contributed by atoms with E-state index in [2.05, 4.69) is 6.92 Å². The highest BCUT2D eigenvalue weighted by atomic mass is 32.2. The van der Waals surface area contributed by atoms with Crippen molar-refractivity contribution >= 4 is 28.2 Å². The topological polar surface area (TPSA) is 43.1 Å². The first-order valence-corrected chi connectivity index (χ1v) is 7.94. The zero-order valence-electron chi connectivity index (χ0n) is 9.86. The van der Waals surface area contributed by atoms with Crippen molar-refractivity contribution in [3.05, 3.63) is 23.8 Å². The van der Waals surface area contributed by atoms with Crippen LogP contribution >= 0.6 is 11.8 Å². The summed E-state index contributed by atoms with van der Waals surface area (Å²) in [5.74, 6) is 2.97. The van der Waals surface area contributed by atoms with Crippen molar-refractivity contribution in [2.45, 2.75) is 25.2 Å². The average molecular weight is 257 g/mol. The number of nitrogen functional groups attached to an aromatic ring is 1. The van der Waals surface area contributed by atoms with Gasteiger partial charge in [0, 0.05) is 16.3 Å². The zero-order chi connectivity index (χ0) is 12.0. The Hall–Kier alpha value is -0.480. The van der Waals surface area contributed by atoms with E-state index < -0.39 is 10.8 Å². The van der Waals surface area contributed by atoms with Gasteiger partial charge in [0.15, 0.2) is 0 Å². The minimum absolute atomic E-state index is 0.736. The minimum atomic E-state index is -0.876. The second-order valence-electron chi connectivity index (χ2n) is 3.63. The molecule has 0 amide bonds. The van der Waals surface area contributed by atoms with Crippen molar-refractivity contribution in [3.8, 4) is 0 Å². The summed E-state index contributed by atoms with van der Waals surface area (Å²) in [6.45, 7) is 4.11. The van der Waals surface area contributed by atoms with Crippen LogP contribution in [-0.2, 0) is 10.8 Å². The van der Waals surface area contributed by atoms with Gasteiger partial charge in [0.25, 0.3) is 0 Å². The summed E-state index contributed by atoms with van der Waals surface area (Å²) >= 11 is 1.90. The zero-order valence-corrected chi connectivity index (χ0v) is 11.5. The molecule has 0 heterocycles. The molecule has 1 unspecified atom stereocenters. The van der Waals surface area contributed by atoms with Crippen molar-refractivity contribution < 1.29 is 4.21 Å². The molecule has 0 aliphatic rings. The van der Waals surface area contributed by atoms with E-state index in [1.54, 1.807) is 0 Å². The second-order valence-corrected chi connectivity index (χ2v) is 6.56. The quantitative estimate of drug-likeness (QED) is 0.629. The predicted molar refractivity (Wildman–Crippen MR) is 74.5 cm³/mol. The van der Waals surface area contributed by atoms with Crippen molar-refractivity contribution in [2.75, 3.05) is 23.0 Å². The van der Waals surface area contributed by atoms with Crippen LogP contribution in [-0.4, -0.2) is 21.5 Å². The molecular weight excluding hydrogens is 238 g/mol. The van der Waals surface area contributed by atoms with Crippen LogP contribution in [0.25, 0.3) is 0 Å². The molecule has 0 spiro atoms. The maximum atomic E-state index is 12.0. The highest BCUT2D eigenvalue weighted by Crippen LogP contribution is 2.17. The smallest absolute Gasteiger partial charge is 0.0532 e. The summed E-state index contributed by atoms with van der Waals surface area (Å²) in [7, 11) is -0.876. The van der Waals surface area contributed by atoms with Crippen LogP contribution in [0.1, 0.15) is 18.9 Å². The number of aryl methyl sites for hydroxylation is 1. The molecule has 1 atom stereocenters. The van der Waals surface area contributed by atoms with E-state index in [9.17, 15) is 4.21 Å². The van der Waals surface area contributed by atoms with E-state index in [1.165, 1.54) is 0 Å². The molecule has 0 aliphatic heterocycles. The van der Waals surface area contributed by atoms with E-state index in [-0.39, 0.29) is 0 Å². The third-order valence-corrected chi connectivity index (χ3v) is 4.86. The Morgan fingerprint density at radius 1 is 1.44 bits per heavy atom. The molecule has 90 valence electrons. The van der Waals surface area contributed by atoms with E-state index in [0.717, 1.165) is 39.8 Å². The first-order chi connectivity index (χ1) is 7.65. The highest BCUT2D eigenvalue weighted by Gasteiger charge is 2.06. The van der Waals surface area contributed by atoms with Crippen molar-refractivity contribution in [3.63, 3.8) is 0 Å². The average Bonchev–Trinajstić information content (AvgIpc) is 2.24. The van der Waals surface area contributed by atoms with Gasteiger partial charge in [-0.2, -0.15) is 11.8 Å². The van der Waals surface area contributed by atoms with Crippen LogP contribution in [0.5, 0.6) is 0 Å². The second kappa shape index (κ2) is 6.97. The fourth-order valence-electron chi connectivity index (χ4n) is 1.47. The van der Waals surface area contributed by atoms with Gasteiger partial charge in [-0.25, -0.2) is 0 Å². The van der Waals surface area contributed by atoms with Crippen molar-refractivity contribution in [1.82, 2.24) is 0 Å². The molecule has 0 radical (unpaired) electrons. The molecule has 0 saturated carbocycles. The lowest BCUT2D eigenvalue weighted by Gasteiger charge is -2.06. The Balaban J connectivity index is 2.53. The molecular formula is C12H19NOS2. The third kappa shape index (κ3) is 4.18. The van der Waals surface area contributed by atoms with Gasteiger partial charge in [0.1, 0.15) is 0 Å². The fraction of sp³-hybridized carbons (Fsp3) is 0.500. The fourth-order valence-corrected chi connectivity index (χ4v) is 3.56. The summed E-state index contributed by atoms with van der Waals surface area (Å²) < 4.78 is 12.0. The van der Waals surface area contributed by atoms with Crippen LogP contribution in [0.3, 0.4) is 0 Å². The van der Waals surface area contributed by atoms with Gasteiger partial charge in [0.05, 0.1) is 10.8 Å². The molecule has 16 heavy (non-hydrogen) atoms. The summed E-state index contributed by atoms with van der Waals surface area (Å²) in [6.07, 6.45) is 1.01.